The smallest absolute Gasteiger partial charge is 0.389 e. The fourth-order valence-corrected chi connectivity index (χ4v) is 2.01. The monoisotopic (exact) mass is 338 g/mol. The van der Waals surface area contributed by atoms with Crippen LogP contribution in [0.3, 0.4) is 0 Å². The van der Waals surface area contributed by atoms with Gasteiger partial charge < -0.3 is 11.1 Å². The zero-order valence-corrected chi connectivity index (χ0v) is 11.6. The Morgan fingerprint density at radius 1 is 1.26 bits per heavy atom. The first kappa shape index (κ1) is 15.8. The Kier molecular flexibility index (Phi) is 5.65. The summed E-state index contributed by atoms with van der Waals surface area (Å²) in [6.07, 6.45) is -4.67. The summed E-state index contributed by atoms with van der Waals surface area (Å²) in [6, 6.07) is 4.76. The molecule has 0 unspecified atom stereocenters. The molecule has 1 aromatic rings. The van der Waals surface area contributed by atoms with Gasteiger partial charge in [0.05, 0.1) is 0 Å². The summed E-state index contributed by atoms with van der Waals surface area (Å²) in [5.41, 5.74) is 6.41. The molecule has 0 aromatic heterocycles. The number of halogens is 4. The Labute approximate surface area is 117 Å². The molecule has 1 rings (SSSR count). The standard InChI is InChI=1S/C12H14BrF3N2O/c13-9-5-8(6-10(17)7-9)11(19)18-4-2-1-3-12(14,15)16/h5-7H,1-4,17H2,(H,18,19). The maximum atomic E-state index is 11.9. The van der Waals surface area contributed by atoms with Crippen molar-refractivity contribution in [3.05, 3.63) is 28.2 Å². The lowest BCUT2D eigenvalue weighted by atomic mass is 10.2. The lowest BCUT2D eigenvalue weighted by molar-refractivity contribution is -0.135. The van der Waals surface area contributed by atoms with Crippen molar-refractivity contribution >= 4 is 27.5 Å². The maximum Gasteiger partial charge on any atom is 0.389 e. The molecule has 0 radical (unpaired) electrons. The number of hydrogen-bond acceptors (Lipinski definition) is 2. The third-order valence-corrected chi connectivity index (χ3v) is 2.81. The van der Waals surface area contributed by atoms with Gasteiger partial charge >= 0.3 is 6.18 Å². The van der Waals surface area contributed by atoms with Gasteiger partial charge in [0, 0.05) is 28.7 Å². The molecule has 1 aromatic carbocycles. The fraction of sp³-hybridized carbons (Fsp3) is 0.417. The Morgan fingerprint density at radius 2 is 1.95 bits per heavy atom. The van der Waals surface area contributed by atoms with Crippen molar-refractivity contribution in [2.24, 2.45) is 0 Å². The van der Waals surface area contributed by atoms with E-state index in [4.69, 9.17) is 5.73 Å². The number of hydrogen-bond donors (Lipinski definition) is 2. The summed E-state index contributed by atoms with van der Waals surface area (Å²) in [5, 5.41) is 2.56. The second-order valence-electron chi connectivity index (χ2n) is 4.10. The predicted octanol–water partition coefficient (Wildman–Crippen LogP) is 3.49. The largest absolute Gasteiger partial charge is 0.399 e. The second-order valence-corrected chi connectivity index (χ2v) is 5.02. The lowest BCUT2D eigenvalue weighted by Crippen LogP contribution is -2.24. The third-order valence-electron chi connectivity index (χ3n) is 2.35. The van der Waals surface area contributed by atoms with Gasteiger partial charge in [0.25, 0.3) is 5.91 Å². The molecule has 7 heteroatoms. The second kappa shape index (κ2) is 6.79. The van der Waals surface area contributed by atoms with E-state index in [2.05, 4.69) is 21.2 Å². The van der Waals surface area contributed by atoms with E-state index in [1.54, 1.807) is 12.1 Å². The number of rotatable bonds is 5. The molecule has 0 saturated heterocycles. The van der Waals surface area contributed by atoms with Crippen LogP contribution in [0.1, 0.15) is 29.6 Å². The first-order chi connectivity index (χ1) is 8.78. The number of nitrogens with one attached hydrogen (secondary N) is 1. The summed E-state index contributed by atoms with van der Waals surface area (Å²) < 4.78 is 36.3. The number of nitrogens with two attached hydrogens (primary N) is 1. The van der Waals surface area contributed by atoms with Crippen LogP contribution in [-0.4, -0.2) is 18.6 Å². The third kappa shape index (κ3) is 6.47. The van der Waals surface area contributed by atoms with Crippen molar-refractivity contribution in [1.29, 1.82) is 0 Å². The molecule has 0 atom stereocenters. The van der Waals surface area contributed by atoms with Gasteiger partial charge in [0.1, 0.15) is 0 Å². The van der Waals surface area contributed by atoms with Crippen molar-refractivity contribution in [2.75, 3.05) is 12.3 Å². The van der Waals surface area contributed by atoms with Crippen molar-refractivity contribution < 1.29 is 18.0 Å². The topological polar surface area (TPSA) is 55.1 Å². The predicted molar refractivity (Wildman–Crippen MR) is 70.8 cm³/mol. The molecule has 0 heterocycles. The minimum atomic E-state index is -4.14. The summed E-state index contributed by atoms with van der Waals surface area (Å²) in [4.78, 5) is 11.7. The quantitative estimate of drug-likeness (QED) is 0.637. The van der Waals surface area contributed by atoms with E-state index in [1.165, 1.54) is 6.07 Å². The first-order valence-corrected chi connectivity index (χ1v) is 6.48. The van der Waals surface area contributed by atoms with Crippen molar-refractivity contribution in [3.63, 3.8) is 0 Å². The Bertz CT molecular complexity index is 429. The van der Waals surface area contributed by atoms with Crippen LogP contribution in [0.2, 0.25) is 0 Å². The minimum Gasteiger partial charge on any atom is -0.399 e. The average Bonchev–Trinajstić information content (AvgIpc) is 2.25. The maximum absolute atomic E-state index is 11.9. The lowest BCUT2D eigenvalue weighted by Gasteiger charge is -2.08. The number of anilines is 1. The van der Waals surface area contributed by atoms with Gasteiger partial charge in [-0.05, 0) is 31.0 Å². The molecule has 0 saturated carbocycles. The molecule has 0 aliphatic rings. The summed E-state index contributed by atoms with van der Waals surface area (Å²) in [7, 11) is 0. The van der Waals surface area contributed by atoms with E-state index >= 15 is 0 Å². The van der Waals surface area contributed by atoms with E-state index in [1.807, 2.05) is 0 Å². The molecule has 0 aliphatic carbocycles. The van der Waals surface area contributed by atoms with Gasteiger partial charge in [-0.15, -0.1) is 0 Å². The highest BCUT2D eigenvalue weighted by molar-refractivity contribution is 9.10. The Morgan fingerprint density at radius 3 is 2.53 bits per heavy atom. The van der Waals surface area contributed by atoms with Crippen molar-refractivity contribution in [2.45, 2.75) is 25.4 Å². The highest BCUT2D eigenvalue weighted by Crippen LogP contribution is 2.22. The molecule has 0 aliphatic heterocycles. The van der Waals surface area contributed by atoms with E-state index in [0.717, 1.165) is 0 Å². The zero-order chi connectivity index (χ0) is 14.5. The number of benzene rings is 1. The summed E-state index contributed by atoms with van der Waals surface area (Å²) >= 11 is 3.21. The Balaban J connectivity index is 2.35. The fourth-order valence-electron chi connectivity index (χ4n) is 1.50. The van der Waals surface area contributed by atoms with Gasteiger partial charge in [0.2, 0.25) is 0 Å². The average molecular weight is 339 g/mol. The van der Waals surface area contributed by atoms with E-state index in [-0.39, 0.29) is 25.3 Å². The molecule has 0 bridgehead atoms. The van der Waals surface area contributed by atoms with Gasteiger partial charge in [-0.2, -0.15) is 13.2 Å². The van der Waals surface area contributed by atoms with Crippen LogP contribution < -0.4 is 11.1 Å². The molecule has 1 amide bonds. The van der Waals surface area contributed by atoms with E-state index < -0.39 is 12.6 Å². The molecule has 0 spiro atoms. The first-order valence-electron chi connectivity index (χ1n) is 5.69. The molecule has 3 N–H and O–H groups in total. The molecular weight excluding hydrogens is 325 g/mol. The Hall–Kier alpha value is -1.24. The number of amides is 1. The van der Waals surface area contributed by atoms with Crippen LogP contribution in [0.15, 0.2) is 22.7 Å². The van der Waals surface area contributed by atoms with E-state index in [0.29, 0.717) is 15.7 Å². The number of carbonyl (C=O) groups is 1. The molecule has 19 heavy (non-hydrogen) atoms. The van der Waals surface area contributed by atoms with Gasteiger partial charge in [-0.1, -0.05) is 15.9 Å². The van der Waals surface area contributed by atoms with Gasteiger partial charge in [-0.25, -0.2) is 0 Å². The minimum absolute atomic E-state index is 0.00437. The molecular formula is C12H14BrF3N2O. The van der Waals surface area contributed by atoms with Crippen LogP contribution in [0, 0.1) is 0 Å². The summed E-state index contributed by atoms with van der Waals surface area (Å²) in [5.74, 6) is -0.347. The zero-order valence-electron chi connectivity index (χ0n) is 10.1. The normalized spacial score (nSPS) is 11.4. The summed E-state index contributed by atoms with van der Waals surface area (Å²) in [6.45, 7) is 0.210. The molecule has 106 valence electrons. The molecule has 0 fully saturated rings. The number of nitrogen functional groups attached to an aromatic ring is 1. The van der Waals surface area contributed by atoms with Crippen LogP contribution in [0.4, 0.5) is 18.9 Å². The SMILES string of the molecule is Nc1cc(Br)cc(C(=O)NCCCCC(F)(F)F)c1. The molecule has 3 nitrogen and oxygen atoms in total. The van der Waals surface area contributed by atoms with Crippen LogP contribution in [-0.2, 0) is 0 Å². The van der Waals surface area contributed by atoms with Crippen LogP contribution in [0.5, 0.6) is 0 Å². The van der Waals surface area contributed by atoms with Gasteiger partial charge in [0.15, 0.2) is 0 Å². The highest BCUT2D eigenvalue weighted by Gasteiger charge is 2.25. The number of unbranched alkanes of at least 4 members (excludes halogenated alkanes) is 1. The number of alkyl halides is 3. The van der Waals surface area contributed by atoms with E-state index in [9.17, 15) is 18.0 Å². The van der Waals surface area contributed by atoms with Gasteiger partial charge in [-0.3, -0.25) is 4.79 Å². The van der Waals surface area contributed by atoms with Crippen LogP contribution in [0.25, 0.3) is 0 Å². The van der Waals surface area contributed by atoms with Crippen molar-refractivity contribution in [3.8, 4) is 0 Å². The van der Waals surface area contributed by atoms with Crippen LogP contribution >= 0.6 is 15.9 Å². The van der Waals surface area contributed by atoms with Crippen molar-refractivity contribution in [1.82, 2.24) is 5.32 Å². The number of carbonyl (C=O) groups excluding carboxylic acids is 1. The highest BCUT2D eigenvalue weighted by atomic mass is 79.9.